The molecule has 0 atom stereocenters. The zero-order valence-corrected chi connectivity index (χ0v) is 11.3. The molecule has 2 N–H and O–H groups in total. The van der Waals surface area contributed by atoms with Gasteiger partial charge in [0.15, 0.2) is 0 Å². The Morgan fingerprint density at radius 3 is 2.18 bits per heavy atom. The number of aromatic carboxylic acids is 2. The smallest absolute Gasteiger partial charge is 0.337 e. The molecule has 0 unspecified atom stereocenters. The van der Waals surface area contributed by atoms with Gasteiger partial charge in [0.2, 0.25) is 0 Å². The lowest BCUT2D eigenvalue weighted by Crippen LogP contribution is -2.13. The summed E-state index contributed by atoms with van der Waals surface area (Å²) >= 11 is 0. The van der Waals surface area contributed by atoms with E-state index in [9.17, 15) is 19.8 Å². The van der Waals surface area contributed by atoms with Crippen molar-refractivity contribution in [3.8, 4) is 11.1 Å². The first kappa shape index (κ1) is 15.1. The molecule has 0 bridgehead atoms. The van der Waals surface area contributed by atoms with Gasteiger partial charge >= 0.3 is 11.9 Å². The first-order chi connectivity index (χ1) is 10.6. The number of azide groups is 1. The highest BCUT2D eigenvalue weighted by molar-refractivity contribution is 6.07. The molecule has 0 saturated carbocycles. The molecule has 0 aromatic heterocycles. The highest BCUT2D eigenvalue weighted by atomic mass is 16.4. The van der Waals surface area contributed by atoms with E-state index in [2.05, 4.69) is 10.0 Å². The minimum atomic E-state index is -1.38. The van der Waals surface area contributed by atoms with Crippen molar-refractivity contribution < 1.29 is 19.8 Å². The molecule has 22 heavy (non-hydrogen) atoms. The zero-order valence-electron chi connectivity index (χ0n) is 11.3. The van der Waals surface area contributed by atoms with Gasteiger partial charge < -0.3 is 10.2 Å². The Kier molecular flexibility index (Phi) is 4.41. The lowest BCUT2D eigenvalue weighted by molar-refractivity contribution is 0.0651. The van der Waals surface area contributed by atoms with Crippen LogP contribution in [-0.2, 0) is 6.54 Å². The highest BCUT2D eigenvalue weighted by Crippen LogP contribution is 2.29. The van der Waals surface area contributed by atoms with Crippen molar-refractivity contribution in [2.45, 2.75) is 6.54 Å². The number of rotatable bonds is 5. The minimum absolute atomic E-state index is 0.155. The van der Waals surface area contributed by atoms with Gasteiger partial charge in [-0.3, -0.25) is 0 Å². The fourth-order valence-corrected chi connectivity index (χ4v) is 2.21. The van der Waals surface area contributed by atoms with E-state index >= 15 is 0 Å². The van der Waals surface area contributed by atoms with Gasteiger partial charge in [-0.25, -0.2) is 9.59 Å². The van der Waals surface area contributed by atoms with Gasteiger partial charge in [-0.1, -0.05) is 47.6 Å². The molecule has 7 heteroatoms. The molecule has 0 saturated heterocycles. The van der Waals surface area contributed by atoms with E-state index in [0.717, 1.165) is 0 Å². The van der Waals surface area contributed by atoms with Crippen LogP contribution in [0.25, 0.3) is 21.6 Å². The summed E-state index contributed by atoms with van der Waals surface area (Å²) in [6.07, 6.45) is 0. The van der Waals surface area contributed by atoms with Crippen LogP contribution >= 0.6 is 0 Å². The van der Waals surface area contributed by atoms with E-state index in [4.69, 9.17) is 5.53 Å². The average molecular weight is 297 g/mol. The Labute approximate surface area is 125 Å². The van der Waals surface area contributed by atoms with Crippen molar-refractivity contribution in [1.82, 2.24) is 0 Å². The Morgan fingerprint density at radius 1 is 1.00 bits per heavy atom. The summed E-state index contributed by atoms with van der Waals surface area (Å²) in [6.45, 7) is -0.229. The molecule has 0 aliphatic heterocycles. The molecule has 2 aromatic rings. The van der Waals surface area contributed by atoms with Crippen LogP contribution in [0, 0.1) is 0 Å². The number of benzene rings is 2. The SMILES string of the molecule is [N-]=[N+]=NCc1ccc(-c2ccccc2)c(C(=O)O)c1C(=O)O. The molecule has 0 radical (unpaired) electrons. The van der Waals surface area contributed by atoms with Crippen molar-refractivity contribution in [2.75, 3.05) is 0 Å². The zero-order chi connectivity index (χ0) is 16.1. The second kappa shape index (κ2) is 6.43. The topological polar surface area (TPSA) is 123 Å². The van der Waals surface area contributed by atoms with Crippen LogP contribution in [0.5, 0.6) is 0 Å². The number of hydrogen-bond donors (Lipinski definition) is 2. The molecule has 0 spiro atoms. The maximum Gasteiger partial charge on any atom is 0.337 e. The third kappa shape index (κ3) is 2.89. The van der Waals surface area contributed by atoms with E-state index in [1.54, 1.807) is 30.3 Å². The van der Waals surface area contributed by atoms with Gasteiger partial charge in [0.25, 0.3) is 0 Å². The second-order valence-electron chi connectivity index (χ2n) is 4.39. The van der Waals surface area contributed by atoms with Crippen molar-refractivity contribution in [3.05, 3.63) is 69.6 Å². The lowest BCUT2D eigenvalue weighted by Gasteiger charge is -2.13. The number of nitrogens with zero attached hydrogens (tertiary/aromatic N) is 3. The molecule has 2 rings (SSSR count). The summed E-state index contributed by atoms with van der Waals surface area (Å²) in [6, 6.07) is 11.6. The Morgan fingerprint density at radius 2 is 1.64 bits per heavy atom. The van der Waals surface area contributed by atoms with Crippen molar-refractivity contribution in [3.63, 3.8) is 0 Å². The molecule has 2 aromatic carbocycles. The molecule has 0 aliphatic rings. The third-order valence-corrected chi connectivity index (χ3v) is 3.11. The monoisotopic (exact) mass is 297 g/mol. The molecule has 0 heterocycles. The van der Waals surface area contributed by atoms with Crippen LogP contribution in [0.3, 0.4) is 0 Å². The highest BCUT2D eigenvalue weighted by Gasteiger charge is 2.24. The second-order valence-corrected chi connectivity index (χ2v) is 4.39. The number of carboxylic acids is 2. The number of carboxylic acid groups (broad SMARTS) is 2. The summed E-state index contributed by atoms with van der Waals surface area (Å²) in [5.41, 5.74) is 8.74. The summed E-state index contributed by atoms with van der Waals surface area (Å²) < 4.78 is 0. The van der Waals surface area contributed by atoms with E-state index in [-0.39, 0.29) is 23.2 Å². The summed E-state index contributed by atoms with van der Waals surface area (Å²) in [5, 5.41) is 22.1. The maximum absolute atomic E-state index is 11.6. The van der Waals surface area contributed by atoms with Crippen LogP contribution in [0.1, 0.15) is 26.3 Å². The van der Waals surface area contributed by atoms with Gasteiger partial charge in [-0.15, -0.1) is 0 Å². The fraction of sp³-hybridized carbons (Fsp3) is 0.0667. The normalized spacial score (nSPS) is 9.82. The molecule has 0 amide bonds. The Bertz CT molecular complexity index is 781. The van der Waals surface area contributed by atoms with Crippen LogP contribution in [-0.4, -0.2) is 22.2 Å². The molecule has 0 fully saturated rings. The lowest BCUT2D eigenvalue weighted by atomic mass is 9.92. The summed E-state index contributed by atoms with van der Waals surface area (Å²) in [7, 11) is 0. The van der Waals surface area contributed by atoms with Gasteiger partial charge in [-0.05, 0) is 22.2 Å². The first-order valence-electron chi connectivity index (χ1n) is 6.25. The predicted molar refractivity (Wildman–Crippen MR) is 78.6 cm³/mol. The van der Waals surface area contributed by atoms with Gasteiger partial charge in [0, 0.05) is 4.91 Å². The Hall–Kier alpha value is -3.31. The minimum Gasteiger partial charge on any atom is -0.478 e. The van der Waals surface area contributed by atoms with Crippen LogP contribution in [0.4, 0.5) is 0 Å². The van der Waals surface area contributed by atoms with Crippen molar-refractivity contribution >= 4 is 11.9 Å². The van der Waals surface area contributed by atoms with Crippen LogP contribution in [0.2, 0.25) is 0 Å². The molecule has 110 valence electrons. The largest absolute Gasteiger partial charge is 0.478 e. The van der Waals surface area contributed by atoms with E-state index in [1.807, 2.05) is 0 Å². The van der Waals surface area contributed by atoms with Crippen LogP contribution in [0.15, 0.2) is 47.6 Å². The Balaban J connectivity index is 2.77. The van der Waals surface area contributed by atoms with Crippen LogP contribution < -0.4 is 0 Å². The van der Waals surface area contributed by atoms with E-state index in [0.29, 0.717) is 11.1 Å². The number of hydrogen-bond acceptors (Lipinski definition) is 3. The van der Waals surface area contributed by atoms with Gasteiger partial charge in [0.05, 0.1) is 17.7 Å². The summed E-state index contributed by atoms with van der Waals surface area (Å²) in [4.78, 5) is 25.6. The first-order valence-corrected chi connectivity index (χ1v) is 6.25. The molecular weight excluding hydrogens is 286 g/mol. The fourth-order valence-electron chi connectivity index (χ4n) is 2.21. The molecule has 7 nitrogen and oxygen atoms in total. The quantitative estimate of drug-likeness (QED) is 0.497. The van der Waals surface area contributed by atoms with Gasteiger partial charge in [0.1, 0.15) is 0 Å². The van der Waals surface area contributed by atoms with E-state index < -0.39 is 11.9 Å². The predicted octanol–water partition coefficient (Wildman–Crippen LogP) is 3.56. The van der Waals surface area contributed by atoms with E-state index in [1.165, 1.54) is 12.1 Å². The molecular formula is C15H11N3O4. The third-order valence-electron chi connectivity index (χ3n) is 3.11. The summed E-state index contributed by atoms with van der Waals surface area (Å²) in [5.74, 6) is -2.72. The van der Waals surface area contributed by atoms with Crippen molar-refractivity contribution in [1.29, 1.82) is 0 Å². The van der Waals surface area contributed by atoms with Gasteiger partial charge in [-0.2, -0.15) is 0 Å². The number of carbonyl (C=O) groups is 2. The average Bonchev–Trinajstić information content (AvgIpc) is 2.52. The standard InChI is InChI=1S/C15H11N3O4/c16-18-17-8-10-6-7-11(9-4-2-1-3-5-9)13(15(21)22)12(10)14(19)20/h1-7H,8H2,(H,19,20)(H,21,22). The molecule has 0 aliphatic carbocycles. The van der Waals surface area contributed by atoms with Crippen molar-refractivity contribution in [2.24, 2.45) is 5.11 Å². The maximum atomic E-state index is 11.6.